The molecule has 1 aliphatic heterocycles. The van der Waals surface area contributed by atoms with Crippen molar-refractivity contribution in [2.75, 3.05) is 11.5 Å². The first kappa shape index (κ1) is 11.0. The molecule has 0 aromatic rings. The number of rotatable bonds is 1. The molecule has 0 amide bonds. The normalized spacial score (nSPS) is 41.7. The van der Waals surface area contributed by atoms with E-state index in [9.17, 15) is 0 Å². The molecule has 0 aromatic heterocycles. The summed E-state index contributed by atoms with van der Waals surface area (Å²) < 4.78 is 0. The van der Waals surface area contributed by atoms with E-state index in [1.165, 1.54) is 37.2 Å². The Hall–Kier alpha value is 1.48. The van der Waals surface area contributed by atoms with Gasteiger partial charge in [-0.25, -0.2) is 0 Å². The minimum atomic E-state index is -1.22. The number of hydrogen-bond donors (Lipinski definition) is 1. The van der Waals surface area contributed by atoms with E-state index in [1.54, 1.807) is 0 Å². The van der Waals surface area contributed by atoms with Crippen molar-refractivity contribution in [1.82, 2.24) is 0 Å². The van der Waals surface area contributed by atoms with Crippen LogP contribution in [0.1, 0.15) is 32.6 Å². The molecular formula is C9H19PS3. The Bertz CT molecular complexity index is 180. The van der Waals surface area contributed by atoms with Crippen LogP contribution in [0.5, 0.6) is 0 Å². The summed E-state index contributed by atoms with van der Waals surface area (Å²) in [4.78, 5) is -1.22. The molecule has 78 valence electrons. The Balaban J connectivity index is 2.04. The van der Waals surface area contributed by atoms with E-state index in [-0.39, 0.29) is 0 Å². The van der Waals surface area contributed by atoms with Crippen molar-refractivity contribution in [3.8, 4) is 0 Å². The molecule has 4 heteroatoms. The predicted molar refractivity (Wildman–Crippen MR) is 73.6 cm³/mol. The first-order valence-corrected chi connectivity index (χ1v) is 12.0. The molecule has 2 unspecified atom stereocenters. The standard InChI is InChI=1S/C9H19PS3/c1-8-4-2-3-5-9(8)10(11)12-6-7-13-10/h8-11H,2-7H2,1H3. The fourth-order valence-corrected chi connectivity index (χ4v) is 17.6. The van der Waals surface area contributed by atoms with Gasteiger partial charge >= 0.3 is 95.6 Å². The van der Waals surface area contributed by atoms with E-state index in [0.717, 1.165) is 11.6 Å². The molecule has 0 N–H and O–H groups in total. The molecule has 2 rings (SSSR count). The summed E-state index contributed by atoms with van der Waals surface area (Å²) >= 11 is 9.49. The van der Waals surface area contributed by atoms with Crippen molar-refractivity contribution < 1.29 is 0 Å². The average Bonchev–Trinajstić information content (AvgIpc) is 2.54. The zero-order chi connectivity index (χ0) is 9.31. The van der Waals surface area contributed by atoms with E-state index < -0.39 is 4.87 Å². The monoisotopic (exact) mass is 254 g/mol. The second kappa shape index (κ2) is 4.55. The number of hydrogen-bond acceptors (Lipinski definition) is 3. The van der Waals surface area contributed by atoms with Crippen LogP contribution in [0.2, 0.25) is 0 Å². The van der Waals surface area contributed by atoms with Crippen LogP contribution in [0.3, 0.4) is 0 Å². The first-order chi connectivity index (χ1) is 6.22. The van der Waals surface area contributed by atoms with Crippen LogP contribution in [0.25, 0.3) is 0 Å². The molecule has 1 aliphatic carbocycles. The fourth-order valence-electron chi connectivity index (χ4n) is 2.49. The van der Waals surface area contributed by atoms with Gasteiger partial charge in [-0.15, -0.1) is 0 Å². The van der Waals surface area contributed by atoms with Gasteiger partial charge in [-0.2, -0.15) is 0 Å². The molecule has 2 fully saturated rings. The summed E-state index contributed by atoms with van der Waals surface area (Å²) in [5.41, 5.74) is 0.988. The van der Waals surface area contributed by atoms with E-state index in [0.29, 0.717) is 0 Å². The molecule has 0 aromatic carbocycles. The molecule has 13 heavy (non-hydrogen) atoms. The molecule has 0 spiro atoms. The van der Waals surface area contributed by atoms with Crippen molar-refractivity contribution in [3.63, 3.8) is 0 Å². The topological polar surface area (TPSA) is 0 Å². The number of thiol groups is 1. The van der Waals surface area contributed by atoms with E-state index >= 15 is 0 Å². The van der Waals surface area contributed by atoms with Gasteiger partial charge in [0.25, 0.3) is 0 Å². The average molecular weight is 254 g/mol. The Kier molecular flexibility index (Phi) is 3.84. The molecule has 0 nitrogen and oxygen atoms in total. The van der Waals surface area contributed by atoms with Gasteiger partial charge in [-0.05, 0) is 0 Å². The Morgan fingerprint density at radius 3 is 2.38 bits per heavy atom. The summed E-state index contributed by atoms with van der Waals surface area (Å²) in [5, 5.41) is 0. The van der Waals surface area contributed by atoms with E-state index in [4.69, 9.17) is 12.2 Å². The third-order valence-corrected chi connectivity index (χ3v) is 17.9. The van der Waals surface area contributed by atoms with Crippen LogP contribution in [-0.4, -0.2) is 17.2 Å². The summed E-state index contributed by atoms with van der Waals surface area (Å²) in [6.45, 7) is 2.45. The fraction of sp³-hybridized carbons (Fsp3) is 1.00. The van der Waals surface area contributed by atoms with Crippen molar-refractivity contribution in [2.45, 2.75) is 38.3 Å². The first-order valence-electron chi connectivity index (χ1n) is 5.23. The molecule has 0 bridgehead atoms. The molecule has 2 aliphatic rings. The van der Waals surface area contributed by atoms with Crippen LogP contribution in [0.4, 0.5) is 0 Å². The maximum atomic E-state index is 5.05. The zero-order valence-electron chi connectivity index (χ0n) is 8.16. The minimum absolute atomic E-state index is 0.955. The van der Waals surface area contributed by atoms with Gasteiger partial charge in [0.2, 0.25) is 0 Å². The van der Waals surface area contributed by atoms with E-state index in [1.807, 2.05) is 0 Å². The summed E-state index contributed by atoms with van der Waals surface area (Å²) in [7, 11) is 0. The van der Waals surface area contributed by atoms with Crippen molar-refractivity contribution >= 4 is 39.9 Å². The van der Waals surface area contributed by atoms with Crippen LogP contribution < -0.4 is 0 Å². The second-order valence-electron chi connectivity index (χ2n) is 4.20. The quantitative estimate of drug-likeness (QED) is 0.541. The molecular weight excluding hydrogens is 235 g/mol. The molecule has 1 heterocycles. The second-order valence-corrected chi connectivity index (χ2v) is 17.9. The van der Waals surface area contributed by atoms with Crippen LogP contribution >= 0.6 is 39.9 Å². The van der Waals surface area contributed by atoms with Gasteiger partial charge in [-0.3, -0.25) is 0 Å². The van der Waals surface area contributed by atoms with Crippen molar-refractivity contribution in [1.29, 1.82) is 0 Å². The van der Waals surface area contributed by atoms with Gasteiger partial charge in [0.1, 0.15) is 0 Å². The van der Waals surface area contributed by atoms with Crippen LogP contribution in [0, 0.1) is 5.92 Å². The van der Waals surface area contributed by atoms with E-state index in [2.05, 4.69) is 29.7 Å². The third-order valence-electron chi connectivity index (χ3n) is 3.28. The SMILES string of the molecule is CC1CCCCC1[PH]1(S)SCCS1. The van der Waals surface area contributed by atoms with Gasteiger partial charge in [-0.1, -0.05) is 0 Å². The van der Waals surface area contributed by atoms with Gasteiger partial charge in [0.05, 0.1) is 0 Å². The summed E-state index contributed by atoms with van der Waals surface area (Å²) in [6, 6.07) is 0. The van der Waals surface area contributed by atoms with Crippen LogP contribution in [0.15, 0.2) is 0 Å². The Labute approximate surface area is 95.4 Å². The molecule has 0 radical (unpaired) electrons. The van der Waals surface area contributed by atoms with Crippen molar-refractivity contribution in [3.05, 3.63) is 0 Å². The Morgan fingerprint density at radius 2 is 1.77 bits per heavy atom. The van der Waals surface area contributed by atoms with Crippen molar-refractivity contribution in [2.24, 2.45) is 5.92 Å². The van der Waals surface area contributed by atoms with Gasteiger partial charge in [0, 0.05) is 0 Å². The predicted octanol–water partition coefficient (Wildman–Crippen LogP) is 4.47. The summed E-state index contributed by atoms with van der Waals surface area (Å²) in [5.74, 6) is 3.68. The Morgan fingerprint density at radius 1 is 1.15 bits per heavy atom. The van der Waals surface area contributed by atoms with Gasteiger partial charge < -0.3 is 0 Å². The maximum absolute atomic E-state index is 5.05. The zero-order valence-corrected chi connectivity index (χ0v) is 11.7. The van der Waals surface area contributed by atoms with Gasteiger partial charge in [0.15, 0.2) is 0 Å². The molecule has 1 saturated carbocycles. The third kappa shape index (κ3) is 2.35. The molecule has 1 saturated heterocycles. The molecule has 2 atom stereocenters. The van der Waals surface area contributed by atoms with Crippen LogP contribution in [-0.2, 0) is 0 Å². The summed E-state index contributed by atoms with van der Waals surface area (Å²) in [6.07, 6.45) is 5.86.